The summed E-state index contributed by atoms with van der Waals surface area (Å²) < 4.78 is 1.07. The summed E-state index contributed by atoms with van der Waals surface area (Å²) in [5.74, 6) is 1.56. The van der Waals surface area contributed by atoms with Crippen LogP contribution in [0.3, 0.4) is 0 Å². The van der Waals surface area contributed by atoms with Crippen molar-refractivity contribution in [2.75, 3.05) is 11.9 Å². The number of hydrogen-bond donors (Lipinski definition) is 2. The number of nitrogens with one attached hydrogen (secondary N) is 1. The Morgan fingerprint density at radius 2 is 2.05 bits per heavy atom. The van der Waals surface area contributed by atoms with Gasteiger partial charge in [0.05, 0.1) is 10.2 Å². The van der Waals surface area contributed by atoms with Crippen molar-refractivity contribution in [3.05, 3.63) is 35.5 Å². The molecule has 0 aromatic carbocycles. The van der Waals surface area contributed by atoms with Gasteiger partial charge >= 0.3 is 0 Å². The highest BCUT2D eigenvalue weighted by Crippen LogP contribution is 2.31. The van der Waals surface area contributed by atoms with Gasteiger partial charge in [-0.25, -0.2) is 9.97 Å². The Hall–Kier alpha value is -2.05. The van der Waals surface area contributed by atoms with E-state index in [4.69, 9.17) is 10.7 Å². The average Bonchev–Trinajstić information content (AvgIpc) is 2.87. The van der Waals surface area contributed by atoms with Crippen molar-refractivity contribution in [2.24, 2.45) is 5.73 Å². The molecule has 0 saturated carbocycles. The number of nitrogens with zero attached hydrogens (tertiary/aromatic N) is 3. The quantitative estimate of drug-likeness (QED) is 0.774. The molecule has 21 heavy (non-hydrogen) atoms. The van der Waals surface area contributed by atoms with Gasteiger partial charge in [-0.05, 0) is 36.9 Å². The van der Waals surface area contributed by atoms with Crippen LogP contribution < -0.4 is 11.1 Å². The van der Waals surface area contributed by atoms with Crippen molar-refractivity contribution in [3.8, 4) is 11.4 Å². The first kappa shape index (κ1) is 13.9. The second-order valence-electron chi connectivity index (χ2n) is 5.09. The van der Waals surface area contributed by atoms with Crippen LogP contribution in [0.5, 0.6) is 0 Å². The van der Waals surface area contributed by atoms with E-state index in [1.54, 1.807) is 23.7 Å². The predicted molar refractivity (Wildman–Crippen MR) is 87.5 cm³/mol. The summed E-state index contributed by atoms with van der Waals surface area (Å²) in [5, 5.41) is 5.43. The van der Waals surface area contributed by atoms with Crippen molar-refractivity contribution in [3.63, 3.8) is 0 Å². The molecule has 3 aromatic heterocycles. The Kier molecular flexibility index (Phi) is 3.81. The van der Waals surface area contributed by atoms with E-state index in [-0.39, 0.29) is 6.04 Å². The third-order valence-electron chi connectivity index (χ3n) is 3.12. The van der Waals surface area contributed by atoms with Gasteiger partial charge in [-0.2, -0.15) is 0 Å². The Morgan fingerprint density at radius 3 is 2.76 bits per heavy atom. The summed E-state index contributed by atoms with van der Waals surface area (Å²) >= 11 is 1.66. The zero-order chi connectivity index (χ0) is 14.8. The van der Waals surface area contributed by atoms with Gasteiger partial charge in [0, 0.05) is 30.5 Å². The van der Waals surface area contributed by atoms with E-state index in [2.05, 4.69) is 27.6 Å². The van der Waals surface area contributed by atoms with Gasteiger partial charge in [0.15, 0.2) is 5.82 Å². The molecule has 0 spiro atoms. The van der Waals surface area contributed by atoms with E-state index in [1.165, 1.54) is 0 Å². The lowest BCUT2D eigenvalue weighted by atomic mass is 10.2. The minimum absolute atomic E-state index is 0.0699. The lowest BCUT2D eigenvalue weighted by Gasteiger charge is -2.11. The Balaban J connectivity index is 2.11. The van der Waals surface area contributed by atoms with Gasteiger partial charge in [-0.1, -0.05) is 0 Å². The van der Waals surface area contributed by atoms with E-state index >= 15 is 0 Å². The Labute approximate surface area is 127 Å². The molecular formula is C15H17N5S. The second-order valence-corrected chi connectivity index (χ2v) is 5.97. The van der Waals surface area contributed by atoms with Crippen LogP contribution >= 0.6 is 11.3 Å². The maximum atomic E-state index is 5.83. The Morgan fingerprint density at radius 1 is 1.29 bits per heavy atom. The number of hydrogen-bond acceptors (Lipinski definition) is 6. The van der Waals surface area contributed by atoms with Crippen LogP contribution in [0.4, 0.5) is 5.82 Å². The number of pyridine rings is 1. The summed E-state index contributed by atoms with van der Waals surface area (Å²) in [5.41, 5.74) is 8.95. The van der Waals surface area contributed by atoms with E-state index in [0.717, 1.165) is 27.2 Å². The molecule has 3 rings (SSSR count). The van der Waals surface area contributed by atoms with Crippen molar-refractivity contribution in [1.29, 1.82) is 0 Å². The summed E-state index contributed by atoms with van der Waals surface area (Å²) in [6.45, 7) is 4.71. The molecule has 108 valence electrons. The van der Waals surface area contributed by atoms with Crippen molar-refractivity contribution < 1.29 is 0 Å². The maximum Gasteiger partial charge on any atom is 0.162 e. The lowest BCUT2D eigenvalue weighted by molar-refractivity contribution is 0.778. The molecule has 0 aliphatic heterocycles. The molecule has 0 aliphatic rings. The fraction of sp³-hybridized carbons (Fsp3) is 0.267. The smallest absolute Gasteiger partial charge is 0.162 e. The van der Waals surface area contributed by atoms with E-state index in [1.807, 2.05) is 19.1 Å². The van der Waals surface area contributed by atoms with Gasteiger partial charge in [0.2, 0.25) is 0 Å². The first-order chi connectivity index (χ1) is 10.1. The predicted octanol–water partition coefficient (Wildman–Crippen LogP) is 2.82. The molecule has 6 heteroatoms. The molecule has 1 unspecified atom stereocenters. The highest BCUT2D eigenvalue weighted by Gasteiger charge is 2.13. The normalized spacial score (nSPS) is 12.5. The van der Waals surface area contributed by atoms with Crippen LogP contribution in [0, 0.1) is 6.92 Å². The summed E-state index contributed by atoms with van der Waals surface area (Å²) in [4.78, 5) is 13.4. The fourth-order valence-electron chi connectivity index (χ4n) is 2.04. The van der Waals surface area contributed by atoms with Crippen LogP contribution in [0.15, 0.2) is 29.9 Å². The third-order valence-corrected chi connectivity index (χ3v) is 4.22. The molecule has 1 atom stereocenters. The molecule has 0 fully saturated rings. The van der Waals surface area contributed by atoms with E-state index < -0.39 is 0 Å². The van der Waals surface area contributed by atoms with Gasteiger partial charge in [-0.15, -0.1) is 11.3 Å². The molecular weight excluding hydrogens is 282 g/mol. The molecule has 3 heterocycles. The van der Waals surface area contributed by atoms with Crippen molar-refractivity contribution >= 4 is 27.4 Å². The number of thiophene rings is 1. The van der Waals surface area contributed by atoms with Crippen LogP contribution in [0.25, 0.3) is 21.6 Å². The first-order valence-corrected chi connectivity index (χ1v) is 7.69. The van der Waals surface area contributed by atoms with E-state index in [0.29, 0.717) is 12.4 Å². The molecule has 3 N–H and O–H groups in total. The molecule has 5 nitrogen and oxygen atoms in total. The first-order valence-electron chi connectivity index (χ1n) is 6.81. The highest BCUT2D eigenvalue weighted by atomic mass is 32.1. The van der Waals surface area contributed by atoms with Crippen LogP contribution in [-0.2, 0) is 0 Å². The van der Waals surface area contributed by atoms with Crippen LogP contribution in [-0.4, -0.2) is 27.5 Å². The lowest BCUT2D eigenvalue weighted by Crippen LogP contribution is -2.25. The minimum Gasteiger partial charge on any atom is -0.367 e. The van der Waals surface area contributed by atoms with Gasteiger partial charge < -0.3 is 11.1 Å². The zero-order valence-corrected chi connectivity index (χ0v) is 12.8. The van der Waals surface area contributed by atoms with Crippen LogP contribution in [0.1, 0.15) is 12.5 Å². The van der Waals surface area contributed by atoms with Gasteiger partial charge in [-0.3, -0.25) is 4.98 Å². The second kappa shape index (κ2) is 5.75. The number of fused-ring (bicyclic) bond motifs is 1. The molecule has 0 bridgehead atoms. The molecule has 0 amide bonds. The van der Waals surface area contributed by atoms with E-state index in [9.17, 15) is 0 Å². The van der Waals surface area contributed by atoms with Gasteiger partial charge in [0.1, 0.15) is 5.82 Å². The molecule has 3 aromatic rings. The monoisotopic (exact) mass is 299 g/mol. The number of aryl methyl sites for hydroxylation is 1. The van der Waals surface area contributed by atoms with Crippen LogP contribution in [0.2, 0.25) is 0 Å². The SMILES string of the molecule is Cc1csc2c(NCC(C)N)nc(-c3ccncc3)nc12. The maximum absolute atomic E-state index is 5.83. The van der Waals surface area contributed by atoms with Gasteiger partial charge in [0.25, 0.3) is 0 Å². The molecule has 0 aliphatic carbocycles. The molecule has 0 saturated heterocycles. The standard InChI is InChI=1S/C15H17N5S/c1-9-8-21-13-12(9)19-14(11-3-5-17-6-4-11)20-15(13)18-7-10(2)16/h3-6,8,10H,7,16H2,1-2H3,(H,18,19,20). The molecule has 0 radical (unpaired) electrons. The largest absolute Gasteiger partial charge is 0.367 e. The fourth-order valence-corrected chi connectivity index (χ4v) is 2.99. The highest BCUT2D eigenvalue weighted by molar-refractivity contribution is 7.18. The number of rotatable bonds is 4. The average molecular weight is 299 g/mol. The van der Waals surface area contributed by atoms with Crippen molar-refractivity contribution in [1.82, 2.24) is 15.0 Å². The minimum atomic E-state index is 0.0699. The summed E-state index contributed by atoms with van der Waals surface area (Å²) in [6.07, 6.45) is 3.50. The zero-order valence-electron chi connectivity index (χ0n) is 12.0. The number of aromatic nitrogens is 3. The van der Waals surface area contributed by atoms with Crippen molar-refractivity contribution in [2.45, 2.75) is 19.9 Å². The third kappa shape index (κ3) is 2.86. The topological polar surface area (TPSA) is 76.7 Å². The number of nitrogens with two attached hydrogens (primary N) is 1. The number of anilines is 1. The summed E-state index contributed by atoms with van der Waals surface area (Å²) in [6, 6.07) is 3.90. The summed E-state index contributed by atoms with van der Waals surface area (Å²) in [7, 11) is 0. The Bertz CT molecular complexity index is 751.